The number of morpholine rings is 1. The maximum Gasteiger partial charge on any atom is 0.271 e. The zero-order chi connectivity index (χ0) is 15.7. The number of carbonyl (C=O) groups excluding carboxylic acids is 1. The lowest BCUT2D eigenvalue weighted by atomic mass is 10.1. The Morgan fingerprint density at radius 1 is 1.55 bits per heavy atom. The minimum Gasteiger partial charge on any atom is -0.393 e. The van der Waals surface area contributed by atoms with Crippen molar-refractivity contribution in [2.75, 3.05) is 19.8 Å². The summed E-state index contributed by atoms with van der Waals surface area (Å²) in [5.41, 5.74) is 1.48. The Labute approximate surface area is 137 Å². The number of halogens is 1. The molecule has 2 heterocycles. The van der Waals surface area contributed by atoms with Crippen LogP contribution in [0.1, 0.15) is 23.8 Å². The maximum atomic E-state index is 12.9. The highest BCUT2D eigenvalue weighted by Gasteiger charge is 2.31. The van der Waals surface area contributed by atoms with Crippen molar-refractivity contribution >= 4 is 32.7 Å². The Hall–Kier alpha value is -1.37. The van der Waals surface area contributed by atoms with E-state index < -0.39 is 6.10 Å². The molecule has 0 aliphatic carbocycles. The van der Waals surface area contributed by atoms with E-state index in [0.29, 0.717) is 31.9 Å². The van der Waals surface area contributed by atoms with E-state index in [-0.39, 0.29) is 11.9 Å². The van der Waals surface area contributed by atoms with E-state index in [4.69, 9.17) is 4.74 Å². The smallest absolute Gasteiger partial charge is 0.271 e. The fraction of sp³-hybridized carbons (Fsp3) is 0.438. The monoisotopic (exact) mass is 366 g/mol. The SMILES string of the molecule is CC(O)CC1COCCN1C(=O)c1[nH]c2ccccc2c1Br. The summed E-state index contributed by atoms with van der Waals surface area (Å²) in [6, 6.07) is 7.70. The lowest BCUT2D eigenvalue weighted by Gasteiger charge is -2.36. The molecule has 5 nitrogen and oxygen atoms in total. The fourth-order valence-electron chi connectivity index (χ4n) is 2.91. The summed E-state index contributed by atoms with van der Waals surface area (Å²) in [5.74, 6) is -0.0583. The van der Waals surface area contributed by atoms with Gasteiger partial charge in [0.2, 0.25) is 0 Å². The van der Waals surface area contributed by atoms with Gasteiger partial charge in [-0.2, -0.15) is 0 Å². The van der Waals surface area contributed by atoms with Crippen LogP contribution in [0.2, 0.25) is 0 Å². The molecule has 3 rings (SSSR count). The van der Waals surface area contributed by atoms with Gasteiger partial charge in [0.05, 0.1) is 29.8 Å². The molecule has 1 aromatic heterocycles. The standard InChI is InChI=1S/C16H19BrN2O3/c1-10(20)8-11-9-22-7-6-19(11)16(21)15-14(17)12-4-2-3-5-13(12)18-15/h2-5,10-11,18,20H,6-9H2,1H3. The molecule has 1 aliphatic heterocycles. The molecule has 0 spiro atoms. The van der Waals surface area contributed by atoms with Gasteiger partial charge in [0.1, 0.15) is 5.69 Å². The number of carbonyl (C=O) groups is 1. The fourth-order valence-corrected chi connectivity index (χ4v) is 3.52. The number of rotatable bonds is 3. The first kappa shape index (κ1) is 15.5. The number of para-hydroxylation sites is 1. The number of nitrogens with one attached hydrogen (secondary N) is 1. The van der Waals surface area contributed by atoms with Crippen LogP contribution < -0.4 is 0 Å². The van der Waals surface area contributed by atoms with Crippen LogP contribution in [0.25, 0.3) is 10.9 Å². The van der Waals surface area contributed by atoms with Gasteiger partial charge < -0.3 is 19.7 Å². The van der Waals surface area contributed by atoms with Crippen LogP contribution in [-0.4, -0.2) is 52.8 Å². The number of fused-ring (bicyclic) bond motifs is 1. The van der Waals surface area contributed by atoms with E-state index in [9.17, 15) is 9.90 Å². The number of aromatic amines is 1. The predicted molar refractivity (Wildman–Crippen MR) is 87.9 cm³/mol. The van der Waals surface area contributed by atoms with Gasteiger partial charge in [-0.3, -0.25) is 4.79 Å². The third-order valence-corrected chi connectivity index (χ3v) is 4.78. The quantitative estimate of drug-likeness (QED) is 0.876. The lowest BCUT2D eigenvalue weighted by molar-refractivity contribution is -0.0155. The van der Waals surface area contributed by atoms with E-state index in [2.05, 4.69) is 20.9 Å². The van der Waals surface area contributed by atoms with Crippen molar-refractivity contribution < 1.29 is 14.6 Å². The average molecular weight is 367 g/mol. The van der Waals surface area contributed by atoms with E-state index in [1.54, 1.807) is 11.8 Å². The van der Waals surface area contributed by atoms with Crippen molar-refractivity contribution in [2.45, 2.75) is 25.5 Å². The van der Waals surface area contributed by atoms with Crippen LogP contribution in [0.15, 0.2) is 28.7 Å². The number of ether oxygens (including phenoxy) is 1. The first-order chi connectivity index (χ1) is 10.6. The van der Waals surface area contributed by atoms with Crippen LogP contribution in [-0.2, 0) is 4.74 Å². The second kappa shape index (κ2) is 6.40. The molecule has 22 heavy (non-hydrogen) atoms. The number of benzene rings is 1. The molecule has 1 aliphatic rings. The minimum absolute atomic E-state index is 0.0583. The summed E-state index contributed by atoms with van der Waals surface area (Å²) in [7, 11) is 0. The number of hydrogen-bond acceptors (Lipinski definition) is 3. The van der Waals surface area contributed by atoms with Gasteiger partial charge in [-0.25, -0.2) is 0 Å². The normalized spacial score (nSPS) is 20.3. The van der Waals surface area contributed by atoms with Crippen molar-refractivity contribution in [3.63, 3.8) is 0 Å². The molecular weight excluding hydrogens is 348 g/mol. The van der Waals surface area contributed by atoms with Crippen LogP contribution >= 0.6 is 15.9 Å². The molecule has 1 aromatic carbocycles. The van der Waals surface area contributed by atoms with Crippen molar-refractivity contribution in [2.24, 2.45) is 0 Å². The number of amides is 1. The Kier molecular flexibility index (Phi) is 4.52. The van der Waals surface area contributed by atoms with Crippen molar-refractivity contribution in [1.29, 1.82) is 0 Å². The molecule has 1 fully saturated rings. The Bertz CT molecular complexity index is 683. The first-order valence-corrected chi connectivity index (χ1v) is 8.20. The van der Waals surface area contributed by atoms with Crippen molar-refractivity contribution in [3.8, 4) is 0 Å². The van der Waals surface area contributed by atoms with Gasteiger partial charge in [0.25, 0.3) is 5.91 Å². The molecule has 0 radical (unpaired) electrons. The highest BCUT2D eigenvalue weighted by atomic mass is 79.9. The number of aromatic nitrogens is 1. The summed E-state index contributed by atoms with van der Waals surface area (Å²) in [6.45, 7) is 3.27. The zero-order valence-corrected chi connectivity index (χ0v) is 14.0. The van der Waals surface area contributed by atoms with Crippen LogP contribution in [0.4, 0.5) is 0 Å². The number of aliphatic hydroxyl groups excluding tert-OH is 1. The molecule has 118 valence electrons. The predicted octanol–water partition coefficient (Wildman–Crippen LogP) is 2.54. The van der Waals surface area contributed by atoms with Gasteiger partial charge in [-0.1, -0.05) is 18.2 Å². The summed E-state index contributed by atoms with van der Waals surface area (Å²) in [4.78, 5) is 17.9. The molecule has 1 amide bonds. The number of hydrogen-bond donors (Lipinski definition) is 2. The summed E-state index contributed by atoms with van der Waals surface area (Å²) < 4.78 is 6.25. The Balaban J connectivity index is 1.91. The number of nitrogens with zero attached hydrogens (tertiary/aromatic N) is 1. The lowest BCUT2D eigenvalue weighted by Crippen LogP contribution is -2.50. The van der Waals surface area contributed by atoms with Crippen LogP contribution in [0.5, 0.6) is 0 Å². The van der Waals surface area contributed by atoms with Crippen molar-refractivity contribution in [3.05, 3.63) is 34.4 Å². The average Bonchev–Trinajstić information content (AvgIpc) is 2.84. The van der Waals surface area contributed by atoms with E-state index >= 15 is 0 Å². The summed E-state index contributed by atoms with van der Waals surface area (Å²) in [5, 5.41) is 10.6. The minimum atomic E-state index is -0.465. The van der Waals surface area contributed by atoms with Crippen LogP contribution in [0, 0.1) is 0 Å². The second-order valence-corrected chi connectivity index (χ2v) is 6.46. The van der Waals surface area contributed by atoms with Gasteiger partial charge in [0.15, 0.2) is 0 Å². The van der Waals surface area contributed by atoms with Gasteiger partial charge >= 0.3 is 0 Å². The molecular formula is C16H19BrN2O3. The topological polar surface area (TPSA) is 65.6 Å². The molecule has 6 heteroatoms. The summed E-state index contributed by atoms with van der Waals surface area (Å²) >= 11 is 3.53. The highest BCUT2D eigenvalue weighted by Crippen LogP contribution is 2.29. The third-order valence-electron chi connectivity index (χ3n) is 3.96. The Morgan fingerprint density at radius 3 is 3.05 bits per heavy atom. The zero-order valence-electron chi connectivity index (χ0n) is 12.4. The van der Waals surface area contributed by atoms with Crippen molar-refractivity contribution in [1.82, 2.24) is 9.88 Å². The van der Waals surface area contributed by atoms with Gasteiger partial charge in [-0.15, -0.1) is 0 Å². The molecule has 1 saturated heterocycles. The maximum absolute atomic E-state index is 12.9. The summed E-state index contributed by atoms with van der Waals surface area (Å²) in [6.07, 6.45) is 0.0528. The molecule has 2 unspecified atom stereocenters. The van der Waals surface area contributed by atoms with E-state index in [1.807, 2.05) is 24.3 Å². The third kappa shape index (κ3) is 2.91. The highest BCUT2D eigenvalue weighted by molar-refractivity contribution is 9.10. The largest absolute Gasteiger partial charge is 0.393 e. The first-order valence-electron chi connectivity index (χ1n) is 7.41. The molecule has 0 saturated carbocycles. The molecule has 2 aromatic rings. The number of H-pyrrole nitrogens is 1. The second-order valence-electron chi connectivity index (χ2n) is 5.67. The van der Waals surface area contributed by atoms with E-state index in [1.165, 1.54) is 0 Å². The number of aliphatic hydroxyl groups is 1. The molecule has 0 bridgehead atoms. The van der Waals surface area contributed by atoms with Gasteiger partial charge in [0, 0.05) is 17.4 Å². The Morgan fingerprint density at radius 2 is 2.32 bits per heavy atom. The van der Waals surface area contributed by atoms with Gasteiger partial charge in [-0.05, 0) is 35.3 Å². The van der Waals surface area contributed by atoms with Crippen LogP contribution in [0.3, 0.4) is 0 Å². The molecule has 2 N–H and O–H groups in total. The molecule has 2 atom stereocenters. The van der Waals surface area contributed by atoms with E-state index in [0.717, 1.165) is 15.4 Å².